The summed E-state index contributed by atoms with van der Waals surface area (Å²) in [7, 11) is 1.45. The summed E-state index contributed by atoms with van der Waals surface area (Å²) in [6, 6.07) is 8.53. The van der Waals surface area contributed by atoms with Crippen molar-refractivity contribution in [2.45, 2.75) is 19.4 Å². The number of piperidine rings is 1. The molecule has 1 aliphatic rings. The van der Waals surface area contributed by atoms with E-state index >= 15 is 0 Å². The Kier molecular flexibility index (Phi) is 7.16. The first kappa shape index (κ1) is 21.1. The van der Waals surface area contributed by atoms with Gasteiger partial charge in [0, 0.05) is 17.7 Å². The number of rotatable bonds is 4. The van der Waals surface area contributed by atoms with E-state index in [0.29, 0.717) is 11.3 Å². The molecule has 2 aromatic rings. The van der Waals surface area contributed by atoms with Gasteiger partial charge in [-0.1, -0.05) is 13.0 Å². The van der Waals surface area contributed by atoms with Gasteiger partial charge in [-0.2, -0.15) is 0 Å². The molecule has 1 heterocycles. The number of carbonyl (C=O) groups excluding carboxylic acids is 1. The van der Waals surface area contributed by atoms with Crippen molar-refractivity contribution in [2.75, 3.05) is 20.2 Å². The summed E-state index contributed by atoms with van der Waals surface area (Å²) in [5.41, 5.74) is 0.589. The second-order valence-corrected chi connectivity index (χ2v) is 6.59. The number of amides is 1. The molecule has 2 atom stereocenters. The lowest BCUT2D eigenvalue weighted by Gasteiger charge is -2.30. The van der Waals surface area contributed by atoms with E-state index in [2.05, 4.69) is 10.6 Å². The van der Waals surface area contributed by atoms with E-state index in [1.54, 1.807) is 12.1 Å². The molecule has 4 nitrogen and oxygen atoms in total. The Morgan fingerprint density at radius 2 is 1.96 bits per heavy atom. The van der Waals surface area contributed by atoms with Gasteiger partial charge in [0.2, 0.25) is 0 Å². The van der Waals surface area contributed by atoms with Gasteiger partial charge in [-0.15, -0.1) is 12.4 Å². The minimum Gasteiger partial charge on any atom is -0.497 e. The Balaban J connectivity index is 0.00000261. The Hall–Kier alpha value is -2.18. The average molecular weight is 397 g/mol. The first-order valence-electron chi connectivity index (χ1n) is 8.64. The standard InChI is InChI=1S/C20H22F2N2O2.ClH/c1-12-11-23-8-7-19(12)24-20(25)16-5-3-13(9-17(16)21)15-6-4-14(26-2)10-18(15)22;/h3-6,9-10,12,19,23H,7-8,11H2,1-2H3,(H,24,25);1H. The van der Waals surface area contributed by atoms with E-state index in [-0.39, 0.29) is 35.5 Å². The second-order valence-electron chi connectivity index (χ2n) is 6.59. The summed E-state index contributed by atoms with van der Waals surface area (Å²) in [6.45, 7) is 3.69. The van der Waals surface area contributed by atoms with Crippen molar-refractivity contribution in [1.29, 1.82) is 0 Å². The SMILES string of the molecule is COc1ccc(-c2ccc(C(=O)NC3CCNCC3C)c(F)c2)c(F)c1.Cl. The van der Waals surface area contributed by atoms with E-state index in [1.807, 2.05) is 6.92 Å². The zero-order valence-corrected chi connectivity index (χ0v) is 16.0. The molecule has 2 unspecified atom stereocenters. The molecule has 146 valence electrons. The second kappa shape index (κ2) is 9.15. The summed E-state index contributed by atoms with van der Waals surface area (Å²) in [6.07, 6.45) is 0.809. The number of nitrogens with one attached hydrogen (secondary N) is 2. The maximum absolute atomic E-state index is 14.5. The molecule has 2 aromatic carbocycles. The van der Waals surface area contributed by atoms with Gasteiger partial charge in [-0.25, -0.2) is 8.78 Å². The first-order valence-corrected chi connectivity index (χ1v) is 8.64. The Bertz CT molecular complexity index is 817. The van der Waals surface area contributed by atoms with Gasteiger partial charge in [0.05, 0.1) is 12.7 Å². The predicted octanol–water partition coefficient (Wildman–Crippen LogP) is 3.79. The molecule has 1 saturated heterocycles. The fourth-order valence-corrected chi connectivity index (χ4v) is 3.20. The molecule has 2 N–H and O–H groups in total. The Labute approximate surface area is 163 Å². The Morgan fingerprint density at radius 3 is 2.59 bits per heavy atom. The third-order valence-corrected chi connectivity index (χ3v) is 4.80. The quantitative estimate of drug-likeness (QED) is 0.826. The highest BCUT2D eigenvalue weighted by molar-refractivity contribution is 5.95. The fraction of sp³-hybridized carbons (Fsp3) is 0.350. The first-order chi connectivity index (χ1) is 12.5. The lowest BCUT2D eigenvalue weighted by molar-refractivity contribution is 0.0910. The van der Waals surface area contributed by atoms with Gasteiger partial charge in [0.1, 0.15) is 17.4 Å². The number of hydrogen-bond donors (Lipinski definition) is 2. The average Bonchev–Trinajstić information content (AvgIpc) is 2.63. The van der Waals surface area contributed by atoms with Crippen LogP contribution in [0, 0.1) is 17.6 Å². The zero-order valence-electron chi connectivity index (χ0n) is 15.2. The maximum atomic E-state index is 14.5. The highest BCUT2D eigenvalue weighted by atomic mass is 35.5. The van der Waals surface area contributed by atoms with Gasteiger partial charge < -0.3 is 15.4 Å². The smallest absolute Gasteiger partial charge is 0.254 e. The van der Waals surface area contributed by atoms with Crippen molar-refractivity contribution in [2.24, 2.45) is 5.92 Å². The van der Waals surface area contributed by atoms with Crippen LogP contribution in [0.3, 0.4) is 0 Å². The molecular weight excluding hydrogens is 374 g/mol. The summed E-state index contributed by atoms with van der Waals surface area (Å²) in [5, 5.41) is 6.16. The highest BCUT2D eigenvalue weighted by Crippen LogP contribution is 2.27. The largest absolute Gasteiger partial charge is 0.497 e. The van der Waals surface area contributed by atoms with Crippen molar-refractivity contribution < 1.29 is 18.3 Å². The van der Waals surface area contributed by atoms with E-state index in [0.717, 1.165) is 19.5 Å². The topological polar surface area (TPSA) is 50.4 Å². The molecule has 1 aliphatic heterocycles. The summed E-state index contributed by atoms with van der Waals surface area (Å²) < 4.78 is 33.6. The van der Waals surface area contributed by atoms with E-state index < -0.39 is 17.5 Å². The van der Waals surface area contributed by atoms with Crippen molar-refractivity contribution in [1.82, 2.24) is 10.6 Å². The monoisotopic (exact) mass is 396 g/mol. The van der Waals surface area contributed by atoms with Crippen LogP contribution in [0.5, 0.6) is 5.75 Å². The molecule has 3 rings (SSSR count). The summed E-state index contributed by atoms with van der Waals surface area (Å²) >= 11 is 0. The number of carbonyl (C=O) groups is 1. The highest BCUT2D eigenvalue weighted by Gasteiger charge is 2.24. The van der Waals surface area contributed by atoms with Crippen LogP contribution in [0.15, 0.2) is 36.4 Å². The van der Waals surface area contributed by atoms with Crippen LogP contribution in [-0.4, -0.2) is 32.1 Å². The molecule has 7 heteroatoms. The van der Waals surface area contributed by atoms with Crippen LogP contribution < -0.4 is 15.4 Å². The molecule has 0 aromatic heterocycles. The third kappa shape index (κ3) is 4.76. The minimum absolute atomic E-state index is 0. The fourth-order valence-electron chi connectivity index (χ4n) is 3.20. The summed E-state index contributed by atoms with van der Waals surface area (Å²) in [5.74, 6) is -0.952. The number of benzene rings is 2. The number of methoxy groups -OCH3 is 1. The van der Waals surface area contributed by atoms with Crippen LogP contribution in [0.1, 0.15) is 23.7 Å². The van der Waals surface area contributed by atoms with Crippen molar-refractivity contribution >= 4 is 18.3 Å². The lowest BCUT2D eigenvalue weighted by atomic mass is 9.95. The van der Waals surface area contributed by atoms with Gasteiger partial charge in [-0.3, -0.25) is 4.79 Å². The van der Waals surface area contributed by atoms with Crippen molar-refractivity contribution in [3.8, 4) is 16.9 Å². The minimum atomic E-state index is -0.670. The van der Waals surface area contributed by atoms with E-state index in [9.17, 15) is 13.6 Å². The molecule has 0 radical (unpaired) electrons. The van der Waals surface area contributed by atoms with Gasteiger partial charge in [0.25, 0.3) is 5.91 Å². The van der Waals surface area contributed by atoms with E-state index in [4.69, 9.17) is 4.74 Å². The van der Waals surface area contributed by atoms with Crippen LogP contribution >= 0.6 is 12.4 Å². The van der Waals surface area contributed by atoms with E-state index in [1.165, 1.54) is 31.4 Å². The van der Waals surface area contributed by atoms with Gasteiger partial charge in [-0.05, 0) is 55.3 Å². The number of hydrogen-bond acceptors (Lipinski definition) is 3. The maximum Gasteiger partial charge on any atom is 0.254 e. The molecule has 0 saturated carbocycles. The van der Waals surface area contributed by atoms with Crippen molar-refractivity contribution in [3.63, 3.8) is 0 Å². The molecular formula is C20H23ClF2N2O2. The third-order valence-electron chi connectivity index (χ3n) is 4.80. The van der Waals surface area contributed by atoms with Crippen molar-refractivity contribution in [3.05, 3.63) is 53.6 Å². The normalized spacial score (nSPS) is 19.1. The lowest BCUT2D eigenvalue weighted by Crippen LogP contribution is -2.48. The number of halogens is 3. The molecule has 0 spiro atoms. The molecule has 0 bridgehead atoms. The predicted molar refractivity (Wildman–Crippen MR) is 103 cm³/mol. The van der Waals surface area contributed by atoms with Gasteiger partial charge >= 0.3 is 0 Å². The molecule has 1 amide bonds. The zero-order chi connectivity index (χ0) is 18.7. The van der Waals surface area contributed by atoms with Gasteiger partial charge in [0.15, 0.2) is 0 Å². The van der Waals surface area contributed by atoms with Crippen LogP contribution in [0.25, 0.3) is 11.1 Å². The molecule has 1 fully saturated rings. The van der Waals surface area contributed by atoms with Crippen LogP contribution in [-0.2, 0) is 0 Å². The molecule has 27 heavy (non-hydrogen) atoms. The van der Waals surface area contributed by atoms with Crippen LogP contribution in [0.2, 0.25) is 0 Å². The summed E-state index contributed by atoms with van der Waals surface area (Å²) in [4.78, 5) is 12.4. The van der Waals surface area contributed by atoms with Crippen LogP contribution in [0.4, 0.5) is 8.78 Å². The number of ether oxygens (including phenoxy) is 1. The Morgan fingerprint density at radius 1 is 1.19 bits per heavy atom. The molecule has 0 aliphatic carbocycles.